The predicted molar refractivity (Wildman–Crippen MR) is 114 cm³/mol. The van der Waals surface area contributed by atoms with Gasteiger partial charge in [0.25, 0.3) is 5.91 Å². The van der Waals surface area contributed by atoms with Gasteiger partial charge in [0.1, 0.15) is 5.76 Å². The molecule has 12 heteroatoms. The summed E-state index contributed by atoms with van der Waals surface area (Å²) in [5, 5.41) is 2.51. The Bertz CT molecular complexity index is 777. The lowest BCUT2D eigenvalue weighted by atomic mass is 9.87. The summed E-state index contributed by atoms with van der Waals surface area (Å²) in [5.41, 5.74) is -1.34. The second-order valence-corrected chi connectivity index (χ2v) is 9.85. The zero-order valence-corrected chi connectivity index (χ0v) is 20.1. The Morgan fingerprint density at radius 2 is 2.03 bits per heavy atom. The summed E-state index contributed by atoms with van der Waals surface area (Å²) in [5.74, 6) is -1.17. The van der Waals surface area contributed by atoms with E-state index in [4.69, 9.17) is 13.6 Å². The van der Waals surface area contributed by atoms with Crippen LogP contribution in [0.4, 0.5) is 8.78 Å². The van der Waals surface area contributed by atoms with Crippen LogP contribution in [0.2, 0.25) is 0 Å². The Labute approximate surface area is 187 Å². The number of halogens is 3. The number of amides is 1. The van der Waals surface area contributed by atoms with Crippen LogP contribution in [0.3, 0.4) is 0 Å². The topological polar surface area (TPSA) is 100 Å². The third kappa shape index (κ3) is 8.09. The van der Waals surface area contributed by atoms with E-state index in [0.29, 0.717) is 0 Å². The second kappa shape index (κ2) is 10.8. The van der Waals surface area contributed by atoms with Crippen molar-refractivity contribution in [2.45, 2.75) is 37.2 Å². The van der Waals surface area contributed by atoms with Crippen molar-refractivity contribution in [3.8, 4) is 0 Å². The number of carbonyl (C=O) groups excluding carboxylic acids is 2. The van der Waals surface area contributed by atoms with Crippen molar-refractivity contribution in [1.29, 1.82) is 0 Å². The van der Waals surface area contributed by atoms with Gasteiger partial charge in [0.15, 0.2) is 6.10 Å². The van der Waals surface area contributed by atoms with Gasteiger partial charge in [0.2, 0.25) is 0 Å². The van der Waals surface area contributed by atoms with Crippen LogP contribution in [0, 0.1) is 5.41 Å². The third-order valence-corrected chi connectivity index (χ3v) is 5.99. The van der Waals surface area contributed by atoms with Crippen LogP contribution in [0.5, 0.6) is 0 Å². The Hall–Kier alpha value is -1.30. The molecule has 0 aromatic carbocycles. The van der Waals surface area contributed by atoms with Crippen molar-refractivity contribution in [1.82, 2.24) is 5.32 Å². The van der Waals surface area contributed by atoms with Gasteiger partial charge in [-0.25, -0.2) is 4.57 Å². The van der Waals surface area contributed by atoms with Crippen LogP contribution < -0.4 is 5.32 Å². The molecule has 1 saturated heterocycles. The van der Waals surface area contributed by atoms with E-state index in [1.54, 1.807) is 13.8 Å². The normalized spacial score (nSPS) is 24.4. The third-order valence-electron chi connectivity index (χ3n) is 3.95. The van der Waals surface area contributed by atoms with Crippen LogP contribution in [0.15, 0.2) is 36.1 Å². The van der Waals surface area contributed by atoms with E-state index in [1.165, 1.54) is 20.1 Å². The SMILES string of the molecule is C=C(/C=C\C(=C/C)OP1(=O)OCC(C)(C)[C@H](C(=O)NCCC(=O)OC)O1)C(F)(F)I. The van der Waals surface area contributed by atoms with Crippen molar-refractivity contribution in [2.24, 2.45) is 5.41 Å². The fraction of sp³-hybridized carbons (Fsp3) is 0.556. The molecule has 0 saturated carbocycles. The fourth-order valence-corrected chi connectivity index (χ4v) is 4.03. The number of rotatable bonds is 9. The van der Waals surface area contributed by atoms with E-state index in [0.717, 1.165) is 34.7 Å². The van der Waals surface area contributed by atoms with Crippen molar-refractivity contribution in [2.75, 3.05) is 20.3 Å². The first-order valence-corrected chi connectivity index (χ1v) is 11.4. The van der Waals surface area contributed by atoms with Crippen LogP contribution in [-0.2, 0) is 32.5 Å². The van der Waals surface area contributed by atoms with Crippen molar-refractivity contribution in [3.63, 3.8) is 0 Å². The minimum atomic E-state index is -4.22. The fourth-order valence-electron chi connectivity index (χ4n) is 2.14. The highest BCUT2D eigenvalue weighted by atomic mass is 127. The van der Waals surface area contributed by atoms with Crippen LogP contribution in [0.1, 0.15) is 27.2 Å². The van der Waals surface area contributed by atoms with Gasteiger partial charge in [-0.05, 0) is 25.2 Å². The molecule has 1 amide bonds. The Balaban J connectivity index is 2.87. The zero-order valence-electron chi connectivity index (χ0n) is 17.1. The molecule has 1 unspecified atom stereocenters. The maximum atomic E-state index is 13.2. The maximum Gasteiger partial charge on any atom is 0.530 e. The monoisotopic (exact) mass is 563 g/mol. The van der Waals surface area contributed by atoms with Gasteiger partial charge in [-0.1, -0.05) is 20.4 Å². The highest BCUT2D eigenvalue weighted by Gasteiger charge is 2.50. The number of phosphoric acid groups is 1. The molecule has 1 aliphatic rings. The summed E-state index contributed by atoms with van der Waals surface area (Å²) < 4.78 is 56.5. The van der Waals surface area contributed by atoms with Gasteiger partial charge in [-0.15, -0.1) is 0 Å². The highest BCUT2D eigenvalue weighted by Crippen LogP contribution is 2.58. The molecule has 1 heterocycles. The number of hydrogen-bond donors (Lipinski definition) is 1. The number of nitrogens with one attached hydrogen (secondary N) is 1. The van der Waals surface area contributed by atoms with E-state index in [2.05, 4.69) is 16.6 Å². The van der Waals surface area contributed by atoms with E-state index < -0.39 is 40.7 Å². The first kappa shape index (κ1) is 26.7. The molecule has 1 rings (SSSR count). The summed E-state index contributed by atoms with van der Waals surface area (Å²) in [6.07, 6.45) is 2.28. The van der Waals surface area contributed by atoms with Gasteiger partial charge in [-0.2, -0.15) is 8.78 Å². The number of esters is 1. The Morgan fingerprint density at radius 3 is 2.57 bits per heavy atom. The average molecular weight is 563 g/mol. The largest absolute Gasteiger partial charge is 0.530 e. The lowest BCUT2D eigenvalue weighted by molar-refractivity contribution is -0.142. The quantitative estimate of drug-likeness (QED) is 0.112. The molecular formula is C18H25F2INO7P. The Morgan fingerprint density at radius 1 is 1.40 bits per heavy atom. The number of ether oxygens (including phenoxy) is 1. The Kier molecular flexibility index (Phi) is 9.65. The van der Waals surface area contributed by atoms with Crippen molar-refractivity contribution in [3.05, 3.63) is 36.1 Å². The smallest absolute Gasteiger partial charge is 0.469 e. The molecule has 8 nitrogen and oxygen atoms in total. The van der Waals surface area contributed by atoms with Gasteiger partial charge in [-0.3, -0.25) is 18.6 Å². The summed E-state index contributed by atoms with van der Waals surface area (Å²) in [7, 11) is -3.00. The lowest BCUT2D eigenvalue weighted by Gasteiger charge is -2.39. The van der Waals surface area contributed by atoms with E-state index in [9.17, 15) is 22.9 Å². The molecule has 2 atom stereocenters. The number of methoxy groups -OCH3 is 1. The van der Waals surface area contributed by atoms with Crippen LogP contribution in [-0.4, -0.2) is 42.2 Å². The molecule has 0 radical (unpaired) electrons. The summed E-state index contributed by atoms with van der Waals surface area (Å²) in [6.45, 7) is 8.00. The molecule has 0 aromatic heterocycles. The van der Waals surface area contributed by atoms with E-state index >= 15 is 0 Å². The zero-order chi connectivity index (χ0) is 23.2. The number of hydrogen-bond acceptors (Lipinski definition) is 7. The molecule has 1 aliphatic heterocycles. The number of allylic oxidation sites excluding steroid dienone is 4. The standard InChI is InChI=1S/C18H25F2INO7P/c1-6-13(8-7-12(2)18(19,20)21)28-30(25)27-11-17(3,4)15(29-30)16(24)22-10-9-14(23)26-5/h6-8,15H,2,9-11H2,1,3-5H3,(H,22,24)/b8-7-,13-6+/t15-,30?/m0/s1. The molecule has 1 N–H and O–H groups in total. The van der Waals surface area contributed by atoms with Gasteiger partial charge < -0.3 is 14.6 Å². The number of phosphoric ester groups is 1. The number of alkyl halides is 3. The van der Waals surface area contributed by atoms with E-state index in [-0.39, 0.29) is 25.3 Å². The summed E-state index contributed by atoms with van der Waals surface area (Å²) in [4.78, 5) is 23.7. The lowest BCUT2D eigenvalue weighted by Crippen LogP contribution is -2.49. The van der Waals surface area contributed by atoms with E-state index in [1.807, 2.05) is 0 Å². The van der Waals surface area contributed by atoms with Crippen LogP contribution in [0.25, 0.3) is 0 Å². The first-order valence-electron chi connectivity index (χ1n) is 8.81. The summed E-state index contributed by atoms with van der Waals surface area (Å²) >= 11 is 0.928. The molecule has 0 bridgehead atoms. The van der Waals surface area contributed by atoms with Crippen LogP contribution >= 0.6 is 30.4 Å². The molecule has 0 aliphatic carbocycles. The molecule has 170 valence electrons. The van der Waals surface area contributed by atoms with Crippen molar-refractivity contribution >= 4 is 42.3 Å². The number of carbonyl (C=O) groups is 2. The maximum absolute atomic E-state index is 13.2. The summed E-state index contributed by atoms with van der Waals surface area (Å²) in [6, 6.07) is 0. The van der Waals surface area contributed by atoms with Crippen molar-refractivity contribution < 1.29 is 41.2 Å². The van der Waals surface area contributed by atoms with Gasteiger partial charge >= 0.3 is 17.7 Å². The average Bonchev–Trinajstić information content (AvgIpc) is 2.66. The van der Waals surface area contributed by atoms with Gasteiger partial charge in [0, 0.05) is 40.1 Å². The molecule has 0 aromatic rings. The minimum Gasteiger partial charge on any atom is -0.469 e. The first-order chi connectivity index (χ1) is 13.7. The molecular weight excluding hydrogens is 538 g/mol. The molecule has 30 heavy (non-hydrogen) atoms. The molecule has 1 fully saturated rings. The second-order valence-electron chi connectivity index (χ2n) is 6.95. The highest BCUT2D eigenvalue weighted by molar-refractivity contribution is 14.1. The molecule has 0 spiro atoms. The van der Waals surface area contributed by atoms with Gasteiger partial charge in [0.05, 0.1) is 20.1 Å². The predicted octanol–water partition coefficient (Wildman–Crippen LogP) is 4.28. The minimum absolute atomic E-state index is 0.00291.